The minimum atomic E-state index is -0.538. The molecule has 0 unspecified atom stereocenters. The first-order chi connectivity index (χ1) is 12.4. The van der Waals surface area contributed by atoms with Crippen molar-refractivity contribution < 1.29 is 9.18 Å². The average molecular weight is 371 g/mol. The Labute approximate surface area is 155 Å². The average Bonchev–Trinajstić information content (AvgIpc) is 2.57. The molecule has 3 aromatic rings. The topological polar surface area (TPSA) is 66.9 Å². The molecule has 1 aromatic heterocycles. The van der Waals surface area contributed by atoms with Crippen molar-refractivity contribution in [1.29, 1.82) is 0 Å². The van der Waals surface area contributed by atoms with Gasteiger partial charge in [0.2, 0.25) is 5.95 Å². The molecule has 0 aliphatic carbocycles. The molecule has 1 amide bonds. The third-order valence-corrected chi connectivity index (χ3v) is 3.83. The molecule has 0 spiro atoms. The number of rotatable bonds is 4. The van der Waals surface area contributed by atoms with Gasteiger partial charge in [-0.25, -0.2) is 14.4 Å². The molecular formula is C19H16ClFN4O. The second-order valence-electron chi connectivity index (χ2n) is 5.76. The van der Waals surface area contributed by atoms with E-state index in [1.54, 1.807) is 18.2 Å². The number of hydrogen-bond donors (Lipinski definition) is 2. The number of aryl methyl sites for hydroxylation is 2. The van der Waals surface area contributed by atoms with E-state index in [4.69, 9.17) is 11.6 Å². The van der Waals surface area contributed by atoms with E-state index in [9.17, 15) is 9.18 Å². The van der Waals surface area contributed by atoms with Gasteiger partial charge in [0.25, 0.3) is 5.91 Å². The summed E-state index contributed by atoms with van der Waals surface area (Å²) < 4.78 is 13.2. The van der Waals surface area contributed by atoms with E-state index < -0.39 is 5.82 Å². The van der Waals surface area contributed by atoms with E-state index in [0.29, 0.717) is 22.9 Å². The molecule has 0 bridgehead atoms. The van der Waals surface area contributed by atoms with Crippen LogP contribution in [0.3, 0.4) is 0 Å². The number of carbonyl (C=O) groups excluding carboxylic acids is 1. The van der Waals surface area contributed by atoms with Crippen LogP contribution in [-0.2, 0) is 0 Å². The van der Waals surface area contributed by atoms with Crippen molar-refractivity contribution in [2.75, 3.05) is 10.6 Å². The maximum absolute atomic E-state index is 13.2. The van der Waals surface area contributed by atoms with Crippen molar-refractivity contribution in [1.82, 2.24) is 9.97 Å². The Morgan fingerprint density at radius 3 is 2.42 bits per heavy atom. The lowest BCUT2D eigenvalue weighted by Crippen LogP contribution is -2.12. The molecular weight excluding hydrogens is 355 g/mol. The second kappa shape index (κ2) is 7.49. The Morgan fingerprint density at radius 2 is 1.73 bits per heavy atom. The van der Waals surface area contributed by atoms with Gasteiger partial charge in [0.1, 0.15) is 5.82 Å². The number of nitrogens with zero attached hydrogens (tertiary/aromatic N) is 2. The van der Waals surface area contributed by atoms with E-state index in [1.165, 1.54) is 18.2 Å². The lowest BCUT2D eigenvalue weighted by atomic mass is 10.2. The van der Waals surface area contributed by atoms with Crippen molar-refractivity contribution in [3.05, 3.63) is 76.3 Å². The summed E-state index contributed by atoms with van der Waals surface area (Å²) in [4.78, 5) is 21.0. The van der Waals surface area contributed by atoms with E-state index in [1.807, 2.05) is 26.0 Å². The number of hydrogen-bond acceptors (Lipinski definition) is 4. The van der Waals surface area contributed by atoms with Crippen molar-refractivity contribution in [3.8, 4) is 0 Å². The maximum Gasteiger partial charge on any atom is 0.255 e. The number of nitrogens with one attached hydrogen (secondary N) is 2. The molecule has 0 fully saturated rings. The summed E-state index contributed by atoms with van der Waals surface area (Å²) in [6, 6.07) is 12.8. The zero-order chi connectivity index (χ0) is 18.7. The van der Waals surface area contributed by atoms with Gasteiger partial charge in [-0.15, -0.1) is 0 Å². The first-order valence-corrected chi connectivity index (χ1v) is 8.24. The van der Waals surface area contributed by atoms with Gasteiger partial charge in [0.05, 0.1) is 5.02 Å². The normalized spacial score (nSPS) is 10.5. The predicted octanol–water partition coefficient (Wildman–Crippen LogP) is 4.88. The molecule has 1 heterocycles. The minimum absolute atomic E-state index is 0.0508. The number of halogens is 2. The number of aromatic nitrogens is 2. The van der Waals surface area contributed by atoms with E-state index in [0.717, 1.165) is 11.4 Å². The molecule has 5 nitrogen and oxygen atoms in total. The highest BCUT2D eigenvalue weighted by Gasteiger charge is 2.09. The van der Waals surface area contributed by atoms with Crippen LogP contribution in [0.1, 0.15) is 21.7 Å². The SMILES string of the molecule is Cc1cc(C)nc(Nc2cccc(C(=O)Nc3ccc(F)c(Cl)c3)c2)n1. The Balaban J connectivity index is 1.77. The van der Waals surface area contributed by atoms with E-state index >= 15 is 0 Å². The van der Waals surface area contributed by atoms with E-state index in [2.05, 4.69) is 20.6 Å². The molecule has 0 atom stereocenters. The number of carbonyl (C=O) groups is 1. The first kappa shape index (κ1) is 17.8. The Kier molecular flexibility index (Phi) is 5.14. The molecule has 2 N–H and O–H groups in total. The summed E-state index contributed by atoms with van der Waals surface area (Å²) in [6.45, 7) is 3.77. The summed E-state index contributed by atoms with van der Waals surface area (Å²) in [5, 5.41) is 5.72. The van der Waals surface area contributed by atoms with Crippen molar-refractivity contribution in [2.24, 2.45) is 0 Å². The third-order valence-electron chi connectivity index (χ3n) is 3.54. The number of amides is 1. The lowest BCUT2D eigenvalue weighted by molar-refractivity contribution is 0.102. The molecule has 3 rings (SSSR count). The van der Waals surface area contributed by atoms with Gasteiger partial charge in [0, 0.05) is 28.3 Å². The zero-order valence-electron chi connectivity index (χ0n) is 14.2. The molecule has 132 valence electrons. The highest BCUT2D eigenvalue weighted by atomic mass is 35.5. The Bertz CT molecular complexity index is 957. The summed E-state index contributed by atoms with van der Waals surface area (Å²) >= 11 is 5.73. The molecule has 0 radical (unpaired) electrons. The van der Waals surface area contributed by atoms with Crippen LogP contribution >= 0.6 is 11.6 Å². The van der Waals surface area contributed by atoms with Gasteiger partial charge in [-0.1, -0.05) is 17.7 Å². The molecule has 0 aliphatic heterocycles. The fourth-order valence-corrected chi connectivity index (χ4v) is 2.61. The largest absolute Gasteiger partial charge is 0.324 e. The highest BCUT2D eigenvalue weighted by molar-refractivity contribution is 6.31. The summed E-state index contributed by atoms with van der Waals surface area (Å²) in [5.74, 6) is -0.410. The van der Waals surface area contributed by atoms with Gasteiger partial charge in [-0.05, 0) is 56.3 Å². The van der Waals surface area contributed by atoms with Crippen LogP contribution in [0.15, 0.2) is 48.5 Å². The van der Waals surface area contributed by atoms with Gasteiger partial charge < -0.3 is 10.6 Å². The molecule has 0 aliphatic rings. The quantitative estimate of drug-likeness (QED) is 0.686. The van der Waals surface area contributed by atoms with Crippen molar-refractivity contribution >= 4 is 34.8 Å². The highest BCUT2D eigenvalue weighted by Crippen LogP contribution is 2.21. The number of anilines is 3. The predicted molar refractivity (Wildman–Crippen MR) is 101 cm³/mol. The molecule has 0 saturated carbocycles. The third kappa shape index (κ3) is 4.34. The molecule has 0 saturated heterocycles. The zero-order valence-corrected chi connectivity index (χ0v) is 14.9. The standard InChI is InChI=1S/C19H16ClFN4O/c1-11-8-12(2)23-19(22-11)25-14-5-3-4-13(9-14)18(26)24-15-6-7-17(21)16(20)10-15/h3-10H,1-2H3,(H,24,26)(H,22,23,25). The van der Waals surface area contributed by atoms with Gasteiger partial charge in [0.15, 0.2) is 0 Å². The smallest absolute Gasteiger partial charge is 0.255 e. The fraction of sp³-hybridized carbons (Fsp3) is 0.105. The summed E-state index contributed by atoms with van der Waals surface area (Å²) in [5.41, 5.74) is 3.22. The van der Waals surface area contributed by atoms with Crippen LogP contribution in [0, 0.1) is 19.7 Å². The number of benzene rings is 2. The van der Waals surface area contributed by atoms with Crippen LogP contribution in [0.25, 0.3) is 0 Å². The first-order valence-electron chi connectivity index (χ1n) is 7.86. The monoisotopic (exact) mass is 370 g/mol. The fourth-order valence-electron chi connectivity index (χ4n) is 2.43. The molecule has 26 heavy (non-hydrogen) atoms. The Morgan fingerprint density at radius 1 is 1.00 bits per heavy atom. The van der Waals surface area contributed by atoms with Crippen LogP contribution in [0.4, 0.5) is 21.7 Å². The van der Waals surface area contributed by atoms with Gasteiger partial charge in [-0.2, -0.15) is 0 Å². The van der Waals surface area contributed by atoms with Crippen molar-refractivity contribution in [2.45, 2.75) is 13.8 Å². The van der Waals surface area contributed by atoms with Crippen molar-refractivity contribution in [3.63, 3.8) is 0 Å². The van der Waals surface area contributed by atoms with Crippen LogP contribution < -0.4 is 10.6 Å². The minimum Gasteiger partial charge on any atom is -0.324 e. The summed E-state index contributed by atoms with van der Waals surface area (Å²) in [6.07, 6.45) is 0. The van der Waals surface area contributed by atoms with Crippen LogP contribution in [-0.4, -0.2) is 15.9 Å². The Hall–Kier alpha value is -2.99. The maximum atomic E-state index is 13.2. The van der Waals surface area contributed by atoms with Gasteiger partial charge in [-0.3, -0.25) is 4.79 Å². The van der Waals surface area contributed by atoms with E-state index in [-0.39, 0.29) is 10.9 Å². The molecule has 2 aromatic carbocycles. The molecule has 7 heteroatoms. The van der Waals surface area contributed by atoms with Gasteiger partial charge >= 0.3 is 0 Å². The second-order valence-corrected chi connectivity index (χ2v) is 6.17. The lowest BCUT2D eigenvalue weighted by Gasteiger charge is -2.09. The van der Waals surface area contributed by atoms with Crippen LogP contribution in [0.5, 0.6) is 0 Å². The van der Waals surface area contributed by atoms with Crippen LogP contribution in [0.2, 0.25) is 5.02 Å². The summed E-state index contributed by atoms with van der Waals surface area (Å²) in [7, 11) is 0.